The molecule has 1 unspecified atom stereocenters. The van der Waals surface area contributed by atoms with Gasteiger partial charge in [-0.25, -0.2) is 0 Å². The number of phenolic OH excluding ortho intramolecular Hbond substituents is 1. The SMILES string of the molecule is Nc1cccc(C(=O)N2CCN(C(=O)c3ccco3)CC2C=O)c1O. The van der Waals surface area contributed by atoms with Crippen LogP contribution in [0, 0.1) is 0 Å². The van der Waals surface area contributed by atoms with E-state index in [2.05, 4.69) is 0 Å². The summed E-state index contributed by atoms with van der Waals surface area (Å²) in [6, 6.07) is 6.79. The molecule has 0 radical (unpaired) electrons. The molecule has 1 aliphatic heterocycles. The van der Waals surface area contributed by atoms with Crippen molar-refractivity contribution in [1.29, 1.82) is 0 Å². The van der Waals surface area contributed by atoms with Gasteiger partial charge in [0.2, 0.25) is 0 Å². The van der Waals surface area contributed by atoms with E-state index in [-0.39, 0.29) is 48.3 Å². The Morgan fingerprint density at radius 2 is 2.00 bits per heavy atom. The van der Waals surface area contributed by atoms with Gasteiger partial charge in [-0.05, 0) is 24.3 Å². The molecule has 1 aromatic heterocycles. The fraction of sp³-hybridized carbons (Fsp3) is 0.235. The number of hydrogen-bond donors (Lipinski definition) is 2. The van der Waals surface area contributed by atoms with Gasteiger partial charge in [-0.2, -0.15) is 0 Å². The lowest BCUT2D eigenvalue weighted by Gasteiger charge is -2.38. The molecule has 1 aromatic carbocycles. The van der Waals surface area contributed by atoms with Gasteiger partial charge in [0.1, 0.15) is 12.3 Å². The van der Waals surface area contributed by atoms with Crippen molar-refractivity contribution in [3.05, 3.63) is 47.9 Å². The first kappa shape index (κ1) is 16.6. The minimum absolute atomic E-state index is 0.0256. The summed E-state index contributed by atoms with van der Waals surface area (Å²) in [5, 5.41) is 9.99. The van der Waals surface area contributed by atoms with Gasteiger partial charge in [0, 0.05) is 19.6 Å². The van der Waals surface area contributed by atoms with Crippen LogP contribution in [0.5, 0.6) is 5.75 Å². The second-order valence-corrected chi connectivity index (χ2v) is 5.67. The molecule has 2 heterocycles. The van der Waals surface area contributed by atoms with Crippen LogP contribution in [0.3, 0.4) is 0 Å². The molecule has 0 spiro atoms. The lowest BCUT2D eigenvalue weighted by atomic mass is 10.1. The maximum atomic E-state index is 12.7. The lowest BCUT2D eigenvalue weighted by Crippen LogP contribution is -2.57. The van der Waals surface area contributed by atoms with Crippen LogP contribution in [0.25, 0.3) is 0 Å². The van der Waals surface area contributed by atoms with Crippen molar-refractivity contribution in [3.8, 4) is 5.75 Å². The van der Waals surface area contributed by atoms with E-state index in [1.54, 1.807) is 18.2 Å². The summed E-state index contributed by atoms with van der Waals surface area (Å²) in [5.41, 5.74) is 5.73. The quantitative estimate of drug-likeness (QED) is 0.482. The van der Waals surface area contributed by atoms with Gasteiger partial charge >= 0.3 is 0 Å². The molecule has 1 atom stereocenters. The number of rotatable bonds is 3. The number of para-hydroxylation sites is 1. The number of hydrogen-bond acceptors (Lipinski definition) is 6. The summed E-state index contributed by atoms with van der Waals surface area (Å²) >= 11 is 0. The highest BCUT2D eigenvalue weighted by molar-refractivity contribution is 6.00. The largest absolute Gasteiger partial charge is 0.505 e. The van der Waals surface area contributed by atoms with E-state index in [9.17, 15) is 19.5 Å². The third-order valence-electron chi connectivity index (χ3n) is 4.15. The molecular weight excluding hydrogens is 326 g/mol. The predicted molar refractivity (Wildman–Crippen MR) is 88.0 cm³/mol. The van der Waals surface area contributed by atoms with Crippen molar-refractivity contribution in [3.63, 3.8) is 0 Å². The number of carbonyl (C=O) groups is 3. The Morgan fingerprint density at radius 3 is 2.68 bits per heavy atom. The number of nitrogens with two attached hydrogens (primary N) is 1. The number of aromatic hydroxyl groups is 1. The number of piperazine rings is 1. The van der Waals surface area contributed by atoms with Gasteiger partial charge in [-0.15, -0.1) is 0 Å². The van der Waals surface area contributed by atoms with E-state index in [1.807, 2.05) is 0 Å². The van der Waals surface area contributed by atoms with Crippen molar-refractivity contribution in [1.82, 2.24) is 9.80 Å². The molecule has 25 heavy (non-hydrogen) atoms. The third-order valence-corrected chi connectivity index (χ3v) is 4.15. The normalized spacial score (nSPS) is 17.4. The summed E-state index contributed by atoms with van der Waals surface area (Å²) in [4.78, 5) is 39.3. The van der Waals surface area contributed by atoms with E-state index in [1.165, 1.54) is 28.2 Å². The van der Waals surface area contributed by atoms with Gasteiger partial charge < -0.3 is 29.9 Å². The lowest BCUT2D eigenvalue weighted by molar-refractivity contribution is -0.113. The van der Waals surface area contributed by atoms with Crippen LogP contribution in [-0.2, 0) is 4.79 Å². The number of benzene rings is 1. The van der Waals surface area contributed by atoms with Crippen LogP contribution >= 0.6 is 0 Å². The Morgan fingerprint density at radius 1 is 1.20 bits per heavy atom. The second-order valence-electron chi connectivity index (χ2n) is 5.67. The average Bonchev–Trinajstić information content (AvgIpc) is 3.17. The highest BCUT2D eigenvalue weighted by Crippen LogP contribution is 2.27. The Balaban J connectivity index is 1.78. The Bertz CT molecular complexity index is 803. The standard InChI is InChI=1S/C17H17N3O5/c18-13-4-1-3-12(15(13)22)16(23)20-7-6-19(9-11(20)10-21)17(24)14-5-2-8-25-14/h1-5,8,10-11,22H,6-7,9,18H2. The van der Waals surface area contributed by atoms with Gasteiger partial charge in [0.15, 0.2) is 11.5 Å². The number of aldehydes is 1. The Hall–Kier alpha value is -3.29. The van der Waals surface area contributed by atoms with Gasteiger partial charge in [0.05, 0.1) is 17.5 Å². The molecule has 2 aromatic rings. The molecule has 8 nitrogen and oxygen atoms in total. The molecule has 0 aliphatic carbocycles. The maximum absolute atomic E-state index is 12.7. The highest BCUT2D eigenvalue weighted by atomic mass is 16.3. The summed E-state index contributed by atoms with van der Waals surface area (Å²) in [5.74, 6) is -0.980. The zero-order valence-electron chi connectivity index (χ0n) is 13.3. The average molecular weight is 343 g/mol. The van der Waals surface area contributed by atoms with Gasteiger partial charge in [-0.1, -0.05) is 6.07 Å². The topological polar surface area (TPSA) is 117 Å². The summed E-state index contributed by atoms with van der Waals surface area (Å²) < 4.78 is 5.08. The first-order valence-corrected chi connectivity index (χ1v) is 7.69. The number of anilines is 1. The molecule has 3 N–H and O–H groups in total. The van der Waals surface area contributed by atoms with Gasteiger partial charge in [0.25, 0.3) is 11.8 Å². The number of nitrogen functional groups attached to an aromatic ring is 1. The summed E-state index contributed by atoms with van der Waals surface area (Å²) in [6.45, 7) is 0.458. The van der Waals surface area contributed by atoms with Crippen LogP contribution in [0.2, 0.25) is 0 Å². The summed E-state index contributed by atoms with van der Waals surface area (Å²) in [7, 11) is 0. The molecule has 8 heteroatoms. The molecule has 0 bridgehead atoms. The molecule has 0 saturated carbocycles. The van der Waals surface area contributed by atoms with Crippen LogP contribution in [-0.4, -0.2) is 58.7 Å². The predicted octanol–water partition coefficient (Wildman–Crippen LogP) is 0.733. The zero-order valence-corrected chi connectivity index (χ0v) is 13.3. The fourth-order valence-corrected chi connectivity index (χ4v) is 2.81. The zero-order chi connectivity index (χ0) is 18.0. The minimum Gasteiger partial charge on any atom is -0.505 e. The van der Waals surface area contributed by atoms with Crippen LogP contribution in [0.15, 0.2) is 41.0 Å². The molecule has 1 saturated heterocycles. The number of amides is 2. The van der Waals surface area contributed by atoms with Crippen molar-refractivity contribution in [2.75, 3.05) is 25.4 Å². The minimum atomic E-state index is -0.819. The number of carbonyl (C=O) groups excluding carboxylic acids is 3. The van der Waals surface area contributed by atoms with Crippen LogP contribution in [0.4, 0.5) is 5.69 Å². The van der Waals surface area contributed by atoms with Crippen LogP contribution < -0.4 is 5.73 Å². The molecule has 1 fully saturated rings. The Labute approximate surface area is 143 Å². The highest BCUT2D eigenvalue weighted by Gasteiger charge is 2.34. The number of nitrogens with zero attached hydrogens (tertiary/aromatic N) is 2. The molecule has 130 valence electrons. The fourth-order valence-electron chi connectivity index (χ4n) is 2.81. The van der Waals surface area contributed by atoms with Crippen molar-refractivity contribution in [2.45, 2.75) is 6.04 Å². The van der Waals surface area contributed by atoms with Crippen LogP contribution in [0.1, 0.15) is 20.9 Å². The van der Waals surface area contributed by atoms with Crippen molar-refractivity contribution < 1.29 is 23.9 Å². The summed E-state index contributed by atoms with van der Waals surface area (Å²) in [6.07, 6.45) is 2.01. The molecular formula is C17H17N3O5. The molecule has 2 amide bonds. The maximum Gasteiger partial charge on any atom is 0.289 e. The molecule has 3 rings (SSSR count). The van der Waals surface area contributed by atoms with E-state index in [4.69, 9.17) is 10.2 Å². The third kappa shape index (κ3) is 3.06. The van der Waals surface area contributed by atoms with Crippen molar-refractivity contribution >= 4 is 23.8 Å². The second kappa shape index (κ2) is 6.68. The molecule has 1 aliphatic rings. The first-order valence-electron chi connectivity index (χ1n) is 7.69. The first-order chi connectivity index (χ1) is 12.0. The van der Waals surface area contributed by atoms with E-state index < -0.39 is 11.9 Å². The van der Waals surface area contributed by atoms with Crippen molar-refractivity contribution in [2.24, 2.45) is 0 Å². The van der Waals surface area contributed by atoms with E-state index in [0.29, 0.717) is 6.29 Å². The van der Waals surface area contributed by atoms with E-state index >= 15 is 0 Å². The van der Waals surface area contributed by atoms with Gasteiger partial charge in [-0.3, -0.25) is 9.59 Å². The Kier molecular flexibility index (Phi) is 4.42. The monoisotopic (exact) mass is 343 g/mol. The smallest absolute Gasteiger partial charge is 0.289 e. The number of phenols is 1. The number of furan rings is 1. The van der Waals surface area contributed by atoms with E-state index in [0.717, 1.165) is 0 Å².